The maximum absolute atomic E-state index is 13.3. The standard InChI is InChI=1S/C20H18FN3O2/c21-16-5-3-4-14(10-16)11-17-12-23-19(26-17)15-7-9-24(13-15)20(25)18-6-1-2-8-22-18/h1-6,8,10,12,15H,7,9,11,13H2/t15-/m0/s1. The Morgan fingerprint density at radius 3 is 2.96 bits per heavy atom. The minimum Gasteiger partial charge on any atom is -0.445 e. The molecule has 4 rings (SSSR count). The van der Waals surface area contributed by atoms with Crippen LogP contribution in [0.5, 0.6) is 0 Å². The largest absolute Gasteiger partial charge is 0.445 e. The summed E-state index contributed by atoms with van der Waals surface area (Å²) in [6.07, 6.45) is 4.60. The number of rotatable bonds is 4. The van der Waals surface area contributed by atoms with Crippen LogP contribution in [0, 0.1) is 5.82 Å². The van der Waals surface area contributed by atoms with Gasteiger partial charge in [0.1, 0.15) is 17.3 Å². The van der Waals surface area contributed by atoms with Crippen LogP contribution in [0.1, 0.15) is 40.0 Å². The van der Waals surface area contributed by atoms with Gasteiger partial charge in [-0.05, 0) is 36.2 Å². The fraction of sp³-hybridized carbons (Fsp3) is 0.250. The Morgan fingerprint density at radius 1 is 1.23 bits per heavy atom. The van der Waals surface area contributed by atoms with Crippen LogP contribution in [-0.2, 0) is 6.42 Å². The van der Waals surface area contributed by atoms with Crippen molar-refractivity contribution >= 4 is 5.91 Å². The molecule has 0 radical (unpaired) electrons. The normalized spacial score (nSPS) is 16.8. The number of hydrogen-bond donors (Lipinski definition) is 0. The molecule has 26 heavy (non-hydrogen) atoms. The van der Waals surface area contributed by atoms with Gasteiger partial charge in [0.05, 0.1) is 12.1 Å². The zero-order valence-corrected chi connectivity index (χ0v) is 14.1. The summed E-state index contributed by atoms with van der Waals surface area (Å²) in [5.41, 5.74) is 1.29. The van der Waals surface area contributed by atoms with Gasteiger partial charge in [0.2, 0.25) is 0 Å². The summed E-state index contributed by atoms with van der Waals surface area (Å²) in [6.45, 7) is 1.22. The van der Waals surface area contributed by atoms with E-state index in [1.54, 1.807) is 41.6 Å². The Morgan fingerprint density at radius 2 is 2.15 bits per heavy atom. The highest BCUT2D eigenvalue weighted by Gasteiger charge is 2.31. The Bertz CT molecular complexity index is 910. The van der Waals surface area contributed by atoms with E-state index in [0.29, 0.717) is 36.9 Å². The number of hydrogen-bond acceptors (Lipinski definition) is 4. The summed E-state index contributed by atoms with van der Waals surface area (Å²) in [5, 5.41) is 0. The monoisotopic (exact) mass is 351 g/mol. The number of oxazole rings is 1. The maximum Gasteiger partial charge on any atom is 0.272 e. The molecule has 0 bridgehead atoms. The zero-order chi connectivity index (χ0) is 17.9. The predicted molar refractivity (Wildman–Crippen MR) is 93.2 cm³/mol. The second-order valence-corrected chi connectivity index (χ2v) is 6.42. The van der Waals surface area contributed by atoms with Gasteiger partial charge in [-0.1, -0.05) is 18.2 Å². The van der Waals surface area contributed by atoms with Crippen LogP contribution in [0.2, 0.25) is 0 Å². The number of likely N-dealkylation sites (tertiary alicyclic amines) is 1. The molecule has 1 aliphatic heterocycles. The van der Waals surface area contributed by atoms with E-state index in [0.717, 1.165) is 12.0 Å². The molecule has 5 nitrogen and oxygen atoms in total. The quantitative estimate of drug-likeness (QED) is 0.723. The molecule has 0 unspecified atom stereocenters. The third kappa shape index (κ3) is 3.49. The van der Waals surface area contributed by atoms with E-state index in [4.69, 9.17) is 4.42 Å². The van der Waals surface area contributed by atoms with Gasteiger partial charge >= 0.3 is 0 Å². The van der Waals surface area contributed by atoms with Crippen LogP contribution >= 0.6 is 0 Å². The van der Waals surface area contributed by atoms with Crippen molar-refractivity contribution < 1.29 is 13.6 Å². The summed E-state index contributed by atoms with van der Waals surface area (Å²) in [6, 6.07) is 11.8. The molecular formula is C20H18FN3O2. The van der Waals surface area contributed by atoms with Crippen molar-refractivity contribution in [3.63, 3.8) is 0 Å². The third-order valence-electron chi connectivity index (χ3n) is 4.55. The molecule has 0 N–H and O–H groups in total. The molecule has 1 saturated heterocycles. The molecule has 1 aliphatic rings. The Kier molecular flexibility index (Phi) is 4.48. The summed E-state index contributed by atoms with van der Waals surface area (Å²) in [7, 11) is 0. The molecule has 132 valence electrons. The summed E-state index contributed by atoms with van der Waals surface area (Å²) in [5.74, 6) is 1.07. The first kappa shape index (κ1) is 16.4. The van der Waals surface area contributed by atoms with Crippen LogP contribution in [0.4, 0.5) is 4.39 Å². The molecular weight excluding hydrogens is 333 g/mol. The second kappa shape index (κ2) is 7.07. The minimum atomic E-state index is -0.262. The van der Waals surface area contributed by atoms with Gasteiger partial charge in [-0.15, -0.1) is 0 Å². The number of aromatic nitrogens is 2. The van der Waals surface area contributed by atoms with Gasteiger partial charge in [0, 0.05) is 25.7 Å². The number of pyridine rings is 1. The highest BCUT2D eigenvalue weighted by atomic mass is 19.1. The van der Waals surface area contributed by atoms with E-state index in [-0.39, 0.29) is 17.6 Å². The van der Waals surface area contributed by atoms with E-state index in [9.17, 15) is 9.18 Å². The molecule has 0 spiro atoms. The fourth-order valence-corrected chi connectivity index (χ4v) is 3.24. The third-order valence-corrected chi connectivity index (χ3v) is 4.55. The lowest BCUT2D eigenvalue weighted by molar-refractivity contribution is 0.0784. The summed E-state index contributed by atoms with van der Waals surface area (Å²) >= 11 is 0. The van der Waals surface area contributed by atoms with E-state index < -0.39 is 0 Å². The average Bonchev–Trinajstić information content (AvgIpc) is 3.31. The van der Waals surface area contributed by atoms with E-state index >= 15 is 0 Å². The smallest absolute Gasteiger partial charge is 0.272 e. The summed E-state index contributed by atoms with van der Waals surface area (Å²) < 4.78 is 19.1. The molecule has 1 amide bonds. The fourth-order valence-electron chi connectivity index (χ4n) is 3.24. The topological polar surface area (TPSA) is 59.2 Å². The maximum atomic E-state index is 13.3. The highest BCUT2D eigenvalue weighted by molar-refractivity contribution is 5.92. The van der Waals surface area contributed by atoms with Gasteiger partial charge in [-0.3, -0.25) is 9.78 Å². The van der Waals surface area contributed by atoms with Crippen molar-refractivity contribution in [3.8, 4) is 0 Å². The average molecular weight is 351 g/mol. The van der Waals surface area contributed by atoms with Crippen LogP contribution in [0.3, 0.4) is 0 Å². The van der Waals surface area contributed by atoms with Crippen LogP contribution in [-0.4, -0.2) is 33.9 Å². The van der Waals surface area contributed by atoms with Crippen molar-refractivity contribution in [1.29, 1.82) is 0 Å². The van der Waals surface area contributed by atoms with Crippen molar-refractivity contribution in [3.05, 3.63) is 83.6 Å². The van der Waals surface area contributed by atoms with E-state index in [1.807, 2.05) is 6.07 Å². The van der Waals surface area contributed by atoms with Gasteiger partial charge in [-0.2, -0.15) is 0 Å². The first-order valence-corrected chi connectivity index (χ1v) is 8.58. The van der Waals surface area contributed by atoms with E-state index in [1.165, 1.54) is 12.1 Å². The van der Waals surface area contributed by atoms with Gasteiger partial charge in [-0.25, -0.2) is 9.37 Å². The second-order valence-electron chi connectivity index (χ2n) is 6.42. The number of nitrogens with zero attached hydrogens (tertiary/aromatic N) is 3. The van der Waals surface area contributed by atoms with Crippen molar-refractivity contribution in [2.24, 2.45) is 0 Å². The predicted octanol–water partition coefficient (Wildman–Crippen LogP) is 3.43. The van der Waals surface area contributed by atoms with Crippen LogP contribution in [0.25, 0.3) is 0 Å². The summed E-state index contributed by atoms with van der Waals surface area (Å²) in [4.78, 5) is 22.7. The number of carbonyl (C=O) groups excluding carboxylic acids is 1. The van der Waals surface area contributed by atoms with Gasteiger partial charge in [0.25, 0.3) is 5.91 Å². The molecule has 3 heterocycles. The number of halogens is 1. The Balaban J connectivity index is 1.42. The van der Waals surface area contributed by atoms with Gasteiger partial charge < -0.3 is 9.32 Å². The lowest BCUT2D eigenvalue weighted by Crippen LogP contribution is -2.29. The van der Waals surface area contributed by atoms with Crippen LogP contribution in [0.15, 0.2) is 59.3 Å². The zero-order valence-electron chi connectivity index (χ0n) is 14.1. The molecule has 1 aromatic carbocycles. The van der Waals surface area contributed by atoms with Gasteiger partial charge in [0.15, 0.2) is 5.89 Å². The SMILES string of the molecule is O=C(c1ccccn1)N1CC[C@H](c2ncc(Cc3cccc(F)c3)o2)C1. The molecule has 6 heteroatoms. The molecule has 1 fully saturated rings. The number of benzene rings is 1. The first-order chi connectivity index (χ1) is 12.7. The lowest BCUT2D eigenvalue weighted by Gasteiger charge is -2.15. The Labute approximate surface area is 150 Å². The number of amides is 1. The highest BCUT2D eigenvalue weighted by Crippen LogP contribution is 2.28. The minimum absolute atomic E-state index is 0.0698. The Hall–Kier alpha value is -3.02. The van der Waals surface area contributed by atoms with Crippen molar-refractivity contribution in [2.45, 2.75) is 18.8 Å². The molecule has 2 aromatic heterocycles. The lowest BCUT2D eigenvalue weighted by atomic mass is 10.1. The molecule has 0 aliphatic carbocycles. The van der Waals surface area contributed by atoms with Crippen LogP contribution < -0.4 is 0 Å². The van der Waals surface area contributed by atoms with Crippen molar-refractivity contribution in [1.82, 2.24) is 14.9 Å². The first-order valence-electron chi connectivity index (χ1n) is 8.58. The molecule has 1 atom stereocenters. The molecule has 3 aromatic rings. The number of carbonyl (C=O) groups is 1. The van der Waals surface area contributed by atoms with E-state index in [2.05, 4.69) is 9.97 Å². The van der Waals surface area contributed by atoms with Crippen molar-refractivity contribution in [2.75, 3.05) is 13.1 Å². The molecule has 0 saturated carbocycles.